The summed E-state index contributed by atoms with van der Waals surface area (Å²) in [5.41, 5.74) is 0. The molecule has 2 aliphatic rings. The molecule has 2 saturated heterocycles. The van der Waals surface area contributed by atoms with Crippen molar-refractivity contribution in [1.29, 1.82) is 0 Å². The van der Waals surface area contributed by atoms with Crippen molar-refractivity contribution in [3.05, 3.63) is 0 Å². The lowest BCUT2D eigenvalue weighted by molar-refractivity contribution is -0.126. The van der Waals surface area contributed by atoms with Crippen molar-refractivity contribution in [1.82, 2.24) is 10.2 Å². The molecule has 0 aromatic rings. The van der Waals surface area contributed by atoms with E-state index >= 15 is 0 Å². The molecule has 0 aromatic heterocycles. The number of hydrogen-bond donors (Lipinski definition) is 1. The predicted octanol–water partition coefficient (Wildman–Crippen LogP) is 1.95. The lowest BCUT2D eigenvalue weighted by Crippen LogP contribution is -2.47. The van der Waals surface area contributed by atoms with Gasteiger partial charge in [0, 0.05) is 26.3 Å². The van der Waals surface area contributed by atoms with Gasteiger partial charge in [-0.25, -0.2) is 0 Å². The topological polar surface area (TPSA) is 50.8 Å². The summed E-state index contributed by atoms with van der Waals surface area (Å²) in [6, 6.07) is -0.0636. The number of amides is 1. The minimum atomic E-state index is -0.0636. The van der Waals surface area contributed by atoms with Crippen LogP contribution in [0.4, 0.5) is 0 Å². The van der Waals surface area contributed by atoms with Gasteiger partial charge in [-0.3, -0.25) is 9.69 Å². The highest BCUT2D eigenvalue weighted by Gasteiger charge is 2.26. The van der Waals surface area contributed by atoms with Crippen molar-refractivity contribution in [2.24, 2.45) is 0 Å². The fraction of sp³-hybridized carbons (Fsp3) is 0.941. The monoisotopic (exact) mass is 312 g/mol. The van der Waals surface area contributed by atoms with Crippen LogP contribution in [0.5, 0.6) is 0 Å². The standard InChI is InChI=1S/C17H32N2O3/c1-3-11-21-15-6-4-9-19(10-8-15)14(2)17(20)18-13-16-7-5-12-22-16/h14-16H,3-13H2,1-2H3,(H,18,20)/t14-,15-,16+/m1/s1. The van der Waals surface area contributed by atoms with Gasteiger partial charge in [0.1, 0.15) is 0 Å². The molecule has 2 heterocycles. The quantitative estimate of drug-likeness (QED) is 0.781. The first kappa shape index (κ1) is 17.7. The zero-order valence-corrected chi connectivity index (χ0v) is 14.2. The van der Waals surface area contributed by atoms with E-state index in [2.05, 4.69) is 17.1 Å². The SMILES string of the molecule is CCCO[C@@H]1CCCN([C@H](C)C(=O)NC[C@@H]2CCCO2)CC1. The Morgan fingerprint density at radius 1 is 1.32 bits per heavy atom. The van der Waals surface area contributed by atoms with E-state index in [0.29, 0.717) is 12.6 Å². The Kier molecular flexibility index (Phi) is 7.63. The van der Waals surface area contributed by atoms with E-state index < -0.39 is 0 Å². The van der Waals surface area contributed by atoms with Crippen LogP contribution < -0.4 is 5.32 Å². The second-order valence-corrected chi connectivity index (χ2v) is 6.52. The number of likely N-dealkylation sites (tertiary alicyclic amines) is 1. The molecule has 1 N–H and O–H groups in total. The van der Waals surface area contributed by atoms with E-state index in [4.69, 9.17) is 9.47 Å². The second-order valence-electron chi connectivity index (χ2n) is 6.52. The normalized spacial score (nSPS) is 28.3. The third kappa shape index (κ3) is 5.52. The van der Waals surface area contributed by atoms with Gasteiger partial charge in [0.05, 0.1) is 18.2 Å². The van der Waals surface area contributed by atoms with Crippen molar-refractivity contribution in [3.63, 3.8) is 0 Å². The summed E-state index contributed by atoms with van der Waals surface area (Å²) in [7, 11) is 0. The number of nitrogens with one attached hydrogen (secondary N) is 1. The second kappa shape index (κ2) is 9.48. The fourth-order valence-electron chi connectivity index (χ4n) is 3.26. The molecule has 2 aliphatic heterocycles. The summed E-state index contributed by atoms with van der Waals surface area (Å²) in [6.45, 7) is 8.42. The van der Waals surface area contributed by atoms with Crippen LogP contribution >= 0.6 is 0 Å². The largest absolute Gasteiger partial charge is 0.378 e. The van der Waals surface area contributed by atoms with Gasteiger partial charge >= 0.3 is 0 Å². The smallest absolute Gasteiger partial charge is 0.237 e. The first-order chi connectivity index (χ1) is 10.7. The van der Waals surface area contributed by atoms with Crippen LogP contribution in [0.1, 0.15) is 52.4 Å². The Balaban J connectivity index is 1.71. The Labute approximate surface area is 134 Å². The van der Waals surface area contributed by atoms with Gasteiger partial charge in [-0.2, -0.15) is 0 Å². The third-order valence-corrected chi connectivity index (χ3v) is 4.72. The number of hydrogen-bond acceptors (Lipinski definition) is 4. The zero-order valence-electron chi connectivity index (χ0n) is 14.2. The van der Waals surface area contributed by atoms with E-state index in [1.807, 2.05) is 6.92 Å². The molecule has 2 fully saturated rings. The molecular weight excluding hydrogens is 280 g/mol. The summed E-state index contributed by atoms with van der Waals surface area (Å²) in [6.07, 6.45) is 7.08. The molecule has 0 aliphatic carbocycles. The molecule has 1 amide bonds. The molecule has 2 rings (SSSR count). The number of carbonyl (C=O) groups is 1. The first-order valence-corrected chi connectivity index (χ1v) is 8.95. The lowest BCUT2D eigenvalue weighted by atomic mass is 10.1. The molecule has 0 aromatic carbocycles. The predicted molar refractivity (Wildman–Crippen MR) is 86.9 cm³/mol. The summed E-state index contributed by atoms with van der Waals surface area (Å²) < 4.78 is 11.4. The minimum absolute atomic E-state index is 0.0636. The highest BCUT2D eigenvalue weighted by Crippen LogP contribution is 2.17. The average molecular weight is 312 g/mol. The molecule has 5 nitrogen and oxygen atoms in total. The van der Waals surface area contributed by atoms with Crippen LogP contribution in [0.25, 0.3) is 0 Å². The molecule has 22 heavy (non-hydrogen) atoms. The molecule has 0 radical (unpaired) electrons. The maximum Gasteiger partial charge on any atom is 0.237 e. The van der Waals surface area contributed by atoms with Crippen LogP contribution in [-0.4, -0.2) is 61.9 Å². The first-order valence-electron chi connectivity index (χ1n) is 8.95. The van der Waals surface area contributed by atoms with Crippen molar-refractivity contribution in [2.75, 3.05) is 32.8 Å². The van der Waals surface area contributed by atoms with Crippen molar-refractivity contribution >= 4 is 5.91 Å². The maximum absolute atomic E-state index is 12.3. The summed E-state index contributed by atoms with van der Waals surface area (Å²) in [5.74, 6) is 0.128. The van der Waals surface area contributed by atoms with E-state index in [1.54, 1.807) is 0 Å². The van der Waals surface area contributed by atoms with Crippen LogP contribution in [0, 0.1) is 0 Å². The van der Waals surface area contributed by atoms with Crippen molar-refractivity contribution in [2.45, 2.75) is 70.6 Å². The van der Waals surface area contributed by atoms with Gasteiger partial charge in [-0.05, 0) is 52.0 Å². The van der Waals surface area contributed by atoms with Crippen molar-refractivity contribution in [3.8, 4) is 0 Å². The van der Waals surface area contributed by atoms with Gasteiger partial charge in [-0.1, -0.05) is 6.92 Å². The Morgan fingerprint density at radius 2 is 2.18 bits per heavy atom. The van der Waals surface area contributed by atoms with Crippen LogP contribution in [0.15, 0.2) is 0 Å². The van der Waals surface area contributed by atoms with Crippen LogP contribution in [-0.2, 0) is 14.3 Å². The van der Waals surface area contributed by atoms with Crippen LogP contribution in [0.2, 0.25) is 0 Å². The Morgan fingerprint density at radius 3 is 2.91 bits per heavy atom. The lowest BCUT2D eigenvalue weighted by Gasteiger charge is -2.27. The summed E-state index contributed by atoms with van der Waals surface area (Å²) in [4.78, 5) is 14.6. The van der Waals surface area contributed by atoms with Crippen LogP contribution in [0.3, 0.4) is 0 Å². The molecule has 0 saturated carbocycles. The summed E-state index contributed by atoms with van der Waals surface area (Å²) >= 11 is 0. The fourth-order valence-corrected chi connectivity index (χ4v) is 3.26. The minimum Gasteiger partial charge on any atom is -0.378 e. The molecule has 0 unspecified atom stereocenters. The van der Waals surface area contributed by atoms with Gasteiger partial charge in [0.15, 0.2) is 0 Å². The Hall–Kier alpha value is -0.650. The number of ether oxygens (including phenoxy) is 2. The highest BCUT2D eigenvalue weighted by atomic mass is 16.5. The molecule has 0 bridgehead atoms. The van der Waals surface area contributed by atoms with E-state index in [1.165, 1.54) is 0 Å². The zero-order chi connectivity index (χ0) is 15.8. The molecule has 128 valence electrons. The number of nitrogens with zero attached hydrogens (tertiary/aromatic N) is 1. The van der Waals surface area contributed by atoms with E-state index in [0.717, 1.165) is 64.8 Å². The van der Waals surface area contributed by atoms with Gasteiger partial charge < -0.3 is 14.8 Å². The van der Waals surface area contributed by atoms with Gasteiger partial charge in [-0.15, -0.1) is 0 Å². The van der Waals surface area contributed by atoms with Gasteiger partial charge in [0.25, 0.3) is 0 Å². The van der Waals surface area contributed by atoms with E-state index in [-0.39, 0.29) is 18.1 Å². The number of carbonyl (C=O) groups excluding carboxylic acids is 1. The summed E-state index contributed by atoms with van der Waals surface area (Å²) in [5, 5.41) is 3.05. The maximum atomic E-state index is 12.3. The van der Waals surface area contributed by atoms with E-state index in [9.17, 15) is 4.79 Å². The Bertz CT molecular complexity index is 332. The molecular formula is C17H32N2O3. The molecule has 3 atom stereocenters. The highest BCUT2D eigenvalue weighted by molar-refractivity contribution is 5.81. The molecule has 5 heteroatoms. The third-order valence-electron chi connectivity index (χ3n) is 4.72. The average Bonchev–Trinajstić information content (AvgIpc) is 2.94. The van der Waals surface area contributed by atoms with Gasteiger partial charge in [0.2, 0.25) is 5.91 Å². The number of rotatable bonds is 7. The van der Waals surface area contributed by atoms with Crippen molar-refractivity contribution < 1.29 is 14.3 Å². The molecule has 0 spiro atoms.